The molecular weight excluding hydrogens is 486 g/mol. The van der Waals surface area contributed by atoms with Gasteiger partial charge in [-0.1, -0.05) is 97.1 Å². The molecule has 1 aliphatic carbocycles. The molecule has 2 heteroatoms. The summed E-state index contributed by atoms with van der Waals surface area (Å²) in [5.74, 6) is 0. The summed E-state index contributed by atoms with van der Waals surface area (Å²) in [5, 5.41) is 2.32. The molecule has 7 aromatic rings. The maximum Gasteiger partial charge on any atom is 0.137 e. The van der Waals surface area contributed by atoms with E-state index in [-0.39, 0.29) is 5.41 Å². The van der Waals surface area contributed by atoms with Gasteiger partial charge in [-0.15, -0.1) is 0 Å². The number of nitrogens with zero attached hydrogens (tertiary/aromatic N) is 1. The van der Waals surface area contributed by atoms with Crippen molar-refractivity contribution in [1.82, 2.24) is 0 Å². The summed E-state index contributed by atoms with van der Waals surface area (Å²) >= 11 is 0. The van der Waals surface area contributed by atoms with E-state index >= 15 is 0 Å². The van der Waals surface area contributed by atoms with Crippen molar-refractivity contribution < 1.29 is 4.42 Å². The zero-order valence-electron chi connectivity index (χ0n) is 22.2. The Morgan fingerprint density at radius 3 is 1.65 bits per heavy atom. The van der Waals surface area contributed by atoms with Crippen LogP contribution >= 0.6 is 0 Å². The molecule has 2 nitrogen and oxygen atoms in total. The third kappa shape index (κ3) is 3.23. The van der Waals surface area contributed by atoms with Gasteiger partial charge in [0.25, 0.3) is 0 Å². The van der Waals surface area contributed by atoms with Crippen LogP contribution in [0.4, 0.5) is 17.1 Å². The summed E-state index contributed by atoms with van der Waals surface area (Å²) in [5.41, 5.74) is 11.4. The Morgan fingerprint density at radius 1 is 0.475 bits per heavy atom. The van der Waals surface area contributed by atoms with Crippen LogP contribution in [0.25, 0.3) is 33.1 Å². The predicted molar refractivity (Wildman–Crippen MR) is 166 cm³/mol. The van der Waals surface area contributed by atoms with Gasteiger partial charge in [0, 0.05) is 39.3 Å². The molecule has 0 radical (unpaired) electrons. The van der Waals surface area contributed by atoms with Crippen LogP contribution in [-0.4, -0.2) is 0 Å². The Bertz CT molecular complexity index is 1940. The summed E-state index contributed by atoms with van der Waals surface area (Å²) in [6.07, 6.45) is 0. The van der Waals surface area contributed by atoms with Gasteiger partial charge in [0.2, 0.25) is 0 Å². The van der Waals surface area contributed by atoms with Crippen molar-refractivity contribution in [2.75, 3.05) is 4.90 Å². The molecule has 1 heterocycles. The zero-order chi connectivity index (χ0) is 26.7. The van der Waals surface area contributed by atoms with Gasteiger partial charge in [-0.05, 0) is 77.2 Å². The van der Waals surface area contributed by atoms with E-state index in [0.717, 1.165) is 33.6 Å². The fraction of sp³-hybridized carbons (Fsp3) is 0.0526. The number of rotatable bonds is 4. The number of anilines is 3. The number of hydrogen-bond donors (Lipinski definition) is 0. The third-order valence-corrected chi connectivity index (χ3v) is 8.53. The first-order valence-corrected chi connectivity index (χ1v) is 13.8. The molecule has 0 amide bonds. The minimum atomic E-state index is -0.289. The van der Waals surface area contributed by atoms with E-state index < -0.39 is 0 Å². The minimum absolute atomic E-state index is 0.289. The van der Waals surface area contributed by atoms with E-state index in [1.54, 1.807) is 0 Å². The summed E-state index contributed by atoms with van der Waals surface area (Å²) < 4.78 is 6.61. The summed E-state index contributed by atoms with van der Waals surface area (Å²) in [6, 6.07) is 51.8. The van der Waals surface area contributed by atoms with Gasteiger partial charge in [-0.2, -0.15) is 0 Å². The first-order valence-electron chi connectivity index (χ1n) is 13.8. The van der Waals surface area contributed by atoms with Gasteiger partial charge in [0.1, 0.15) is 11.2 Å². The highest BCUT2D eigenvalue weighted by Gasteiger charge is 2.41. The number of fused-ring (bicyclic) bond motifs is 6. The van der Waals surface area contributed by atoms with E-state index in [2.05, 4.69) is 157 Å². The summed E-state index contributed by atoms with van der Waals surface area (Å²) in [7, 11) is 0. The van der Waals surface area contributed by atoms with Crippen LogP contribution in [0, 0.1) is 0 Å². The lowest BCUT2D eigenvalue weighted by molar-refractivity contribution is 0.666. The van der Waals surface area contributed by atoms with Crippen molar-refractivity contribution in [3.05, 3.63) is 162 Å². The Hall–Kier alpha value is -5.08. The molecular formula is C38H27NO. The van der Waals surface area contributed by atoms with E-state index in [9.17, 15) is 0 Å². The normalized spacial score (nSPS) is 13.3. The molecule has 1 aromatic heterocycles. The highest BCUT2D eigenvalue weighted by Crippen LogP contribution is 2.54. The summed E-state index contributed by atoms with van der Waals surface area (Å²) in [6.45, 7) is 2.37. The average Bonchev–Trinajstić information content (AvgIpc) is 3.52. The van der Waals surface area contributed by atoms with Crippen LogP contribution in [0.5, 0.6) is 0 Å². The molecule has 0 spiro atoms. The Morgan fingerprint density at radius 2 is 1.02 bits per heavy atom. The highest BCUT2D eigenvalue weighted by atomic mass is 16.3. The Balaban J connectivity index is 1.36. The predicted octanol–water partition coefficient (Wildman–Crippen LogP) is 10.4. The van der Waals surface area contributed by atoms with E-state index in [0.29, 0.717) is 0 Å². The Labute approximate surface area is 233 Å². The lowest BCUT2D eigenvalue weighted by atomic mass is 9.73. The first-order chi connectivity index (χ1) is 19.7. The number of furan rings is 1. The third-order valence-electron chi connectivity index (χ3n) is 8.53. The fourth-order valence-electron chi connectivity index (χ4n) is 6.71. The van der Waals surface area contributed by atoms with Crippen molar-refractivity contribution in [3.8, 4) is 11.1 Å². The van der Waals surface area contributed by atoms with Gasteiger partial charge in [0.05, 0.1) is 0 Å². The van der Waals surface area contributed by atoms with E-state index in [1.165, 1.54) is 33.2 Å². The minimum Gasteiger partial charge on any atom is -0.456 e. The molecule has 6 aromatic carbocycles. The molecule has 0 bridgehead atoms. The second-order valence-corrected chi connectivity index (χ2v) is 10.7. The molecule has 0 aliphatic heterocycles. The van der Waals surface area contributed by atoms with Gasteiger partial charge >= 0.3 is 0 Å². The largest absolute Gasteiger partial charge is 0.456 e. The van der Waals surface area contributed by atoms with Gasteiger partial charge < -0.3 is 9.32 Å². The topological polar surface area (TPSA) is 16.4 Å². The smallest absolute Gasteiger partial charge is 0.137 e. The molecule has 0 saturated carbocycles. The standard InChI is InChI=1S/C38H27NO/c1-38(32-19-10-8-17-29(32)30-18-9-11-20-33(30)38)34-21-12-22-35-37(34)31-24-23-28(25-36(31)40-35)39(26-13-4-2-5-14-26)27-15-6-3-7-16-27/h2-25H,1H3. The van der Waals surface area contributed by atoms with Crippen LogP contribution in [0.2, 0.25) is 0 Å². The second kappa shape index (κ2) is 8.72. The Kier molecular flexibility index (Phi) is 4.99. The molecule has 0 atom stereocenters. The molecule has 0 N–H and O–H groups in total. The molecule has 0 saturated heterocycles. The monoisotopic (exact) mass is 513 g/mol. The number of hydrogen-bond acceptors (Lipinski definition) is 2. The SMILES string of the molecule is CC1(c2cccc3oc4cc(N(c5ccccc5)c5ccccc5)ccc4c23)c2ccccc2-c2ccccc21. The van der Waals surface area contributed by atoms with Gasteiger partial charge in [0.15, 0.2) is 0 Å². The van der Waals surface area contributed by atoms with E-state index in [4.69, 9.17) is 4.42 Å². The van der Waals surface area contributed by atoms with Crippen molar-refractivity contribution >= 4 is 39.0 Å². The molecule has 190 valence electrons. The van der Waals surface area contributed by atoms with Gasteiger partial charge in [-0.3, -0.25) is 0 Å². The lowest BCUT2D eigenvalue weighted by Crippen LogP contribution is -2.22. The zero-order valence-corrected chi connectivity index (χ0v) is 22.2. The second-order valence-electron chi connectivity index (χ2n) is 10.7. The van der Waals surface area contributed by atoms with Crippen LogP contribution in [0.1, 0.15) is 23.6 Å². The number of para-hydroxylation sites is 2. The number of benzene rings is 6. The van der Waals surface area contributed by atoms with Crippen LogP contribution in [0.15, 0.2) is 150 Å². The van der Waals surface area contributed by atoms with Crippen LogP contribution in [0.3, 0.4) is 0 Å². The molecule has 8 rings (SSSR count). The van der Waals surface area contributed by atoms with Crippen LogP contribution in [-0.2, 0) is 5.41 Å². The quantitative estimate of drug-likeness (QED) is 0.233. The van der Waals surface area contributed by atoms with Crippen LogP contribution < -0.4 is 4.90 Å². The molecule has 0 fully saturated rings. The maximum atomic E-state index is 6.61. The maximum absolute atomic E-state index is 6.61. The van der Waals surface area contributed by atoms with E-state index in [1.807, 2.05) is 0 Å². The van der Waals surface area contributed by atoms with Crippen molar-refractivity contribution in [1.29, 1.82) is 0 Å². The first kappa shape index (κ1) is 22.9. The average molecular weight is 514 g/mol. The summed E-state index contributed by atoms with van der Waals surface area (Å²) in [4.78, 5) is 2.28. The lowest BCUT2D eigenvalue weighted by Gasteiger charge is -2.29. The molecule has 0 unspecified atom stereocenters. The van der Waals surface area contributed by atoms with Gasteiger partial charge in [-0.25, -0.2) is 0 Å². The molecule has 1 aliphatic rings. The fourth-order valence-corrected chi connectivity index (χ4v) is 6.71. The van der Waals surface area contributed by atoms with Crippen molar-refractivity contribution in [3.63, 3.8) is 0 Å². The molecule has 40 heavy (non-hydrogen) atoms. The highest BCUT2D eigenvalue weighted by molar-refractivity contribution is 6.09. The van der Waals surface area contributed by atoms with Crippen molar-refractivity contribution in [2.45, 2.75) is 12.3 Å². The van der Waals surface area contributed by atoms with Crippen molar-refractivity contribution in [2.24, 2.45) is 0 Å².